The van der Waals surface area contributed by atoms with Gasteiger partial charge in [0.25, 0.3) is 0 Å². The molecule has 4 nitrogen and oxygen atoms in total. The average molecular weight is 471 g/mol. The fourth-order valence-corrected chi connectivity index (χ4v) is 3.59. The summed E-state index contributed by atoms with van der Waals surface area (Å²) in [5, 5.41) is 0.139. The van der Waals surface area contributed by atoms with Crippen LogP contribution in [0.2, 0.25) is 10.0 Å². The van der Waals surface area contributed by atoms with Crippen molar-refractivity contribution in [2.75, 3.05) is 6.26 Å². The number of alkyl halides is 3. The predicted molar refractivity (Wildman–Crippen MR) is 97.5 cm³/mol. The van der Waals surface area contributed by atoms with Gasteiger partial charge >= 0.3 is 6.18 Å². The molecule has 0 bridgehead atoms. The first-order valence-corrected chi connectivity index (χ1v) is 10.3. The number of H-pyrrole nitrogens is 1. The molecule has 0 fully saturated rings. The van der Waals surface area contributed by atoms with Crippen LogP contribution in [-0.2, 0) is 16.0 Å². The van der Waals surface area contributed by atoms with Crippen LogP contribution in [-0.4, -0.2) is 24.6 Å². The maximum absolute atomic E-state index is 14.6. The predicted octanol–water partition coefficient (Wildman–Crippen LogP) is 5.75. The van der Waals surface area contributed by atoms with Crippen molar-refractivity contribution in [2.45, 2.75) is 11.1 Å². The van der Waals surface area contributed by atoms with Crippen molar-refractivity contribution in [1.82, 2.24) is 9.97 Å². The number of hydrogen-bond donors (Lipinski definition) is 1. The Balaban J connectivity index is 2.30. The molecular weight excluding hydrogens is 462 g/mol. The number of imidazole rings is 1. The summed E-state index contributed by atoms with van der Waals surface area (Å²) in [5.41, 5.74) is -1.47. The number of nitrogens with one attached hydrogen (secondary N) is 1. The standard InChI is InChI=1S/C17H9Cl2F5N2O2S/c1-29(27,28)13-6-11(20)8(5-12(13)21)15-14(25-16(26-15)17(22,23)24)7-2-3-9(18)10(19)4-7/h2-6H,1H3,(H,25,26). The normalized spacial score (nSPS) is 12.4. The minimum atomic E-state index is -4.91. The molecule has 1 N–H and O–H groups in total. The lowest BCUT2D eigenvalue weighted by Crippen LogP contribution is -2.07. The molecule has 3 rings (SSSR count). The summed E-state index contributed by atoms with van der Waals surface area (Å²) in [4.78, 5) is 4.46. The van der Waals surface area contributed by atoms with Crippen molar-refractivity contribution in [2.24, 2.45) is 0 Å². The number of hydrogen-bond acceptors (Lipinski definition) is 3. The summed E-state index contributed by atoms with van der Waals surface area (Å²) in [6.45, 7) is 0. The van der Waals surface area contributed by atoms with E-state index in [9.17, 15) is 30.4 Å². The molecule has 0 unspecified atom stereocenters. The third kappa shape index (κ3) is 4.24. The third-order valence-corrected chi connectivity index (χ3v) is 5.71. The second-order valence-electron chi connectivity index (χ2n) is 5.97. The lowest BCUT2D eigenvalue weighted by Gasteiger charge is -2.08. The van der Waals surface area contributed by atoms with E-state index in [1.807, 2.05) is 4.98 Å². The van der Waals surface area contributed by atoms with Crippen molar-refractivity contribution in [3.05, 3.63) is 57.8 Å². The van der Waals surface area contributed by atoms with Crippen LogP contribution in [0.15, 0.2) is 35.2 Å². The molecular formula is C17H9Cl2F5N2O2S. The van der Waals surface area contributed by atoms with Crippen LogP contribution >= 0.6 is 23.2 Å². The highest BCUT2D eigenvalue weighted by Gasteiger charge is 2.37. The van der Waals surface area contributed by atoms with Crippen LogP contribution in [0.25, 0.3) is 22.5 Å². The van der Waals surface area contributed by atoms with Crippen LogP contribution in [0.4, 0.5) is 22.0 Å². The van der Waals surface area contributed by atoms with Crippen molar-refractivity contribution in [3.63, 3.8) is 0 Å². The van der Waals surface area contributed by atoms with Crippen LogP contribution < -0.4 is 0 Å². The first kappa shape index (κ1) is 21.5. The number of sulfone groups is 1. The Labute approximate surface area is 171 Å². The zero-order chi connectivity index (χ0) is 21.7. The molecule has 12 heteroatoms. The molecule has 3 aromatic rings. The highest BCUT2D eigenvalue weighted by atomic mass is 35.5. The summed E-state index contributed by atoms with van der Waals surface area (Å²) in [6, 6.07) is 4.70. The van der Waals surface area contributed by atoms with Crippen LogP contribution in [0.5, 0.6) is 0 Å². The number of nitrogens with zero attached hydrogens (tertiary/aromatic N) is 1. The van der Waals surface area contributed by atoms with Gasteiger partial charge in [-0.05, 0) is 24.3 Å². The highest BCUT2D eigenvalue weighted by molar-refractivity contribution is 7.90. The number of benzene rings is 2. The van der Waals surface area contributed by atoms with Gasteiger partial charge in [0.1, 0.15) is 16.5 Å². The Hall–Kier alpha value is -2.17. The molecule has 0 saturated heterocycles. The van der Waals surface area contributed by atoms with E-state index >= 15 is 0 Å². The molecule has 1 aromatic heterocycles. The number of aromatic amines is 1. The van der Waals surface area contributed by atoms with Crippen molar-refractivity contribution < 1.29 is 30.4 Å². The first-order chi connectivity index (χ1) is 13.3. The van der Waals surface area contributed by atoms with Gasteiger partial charge in [0.2, 0.25) is 5.82 Å². The van der Waals surface area contributed by atoms with Gasteiger partial charge in [-0.3, -0.25) is 0 Å². The van der Waals surface area contributed by atoms with E-state index in [4.69, 9.17) is 23.2 Å². The smallest absolute Gasteiger partial charge is 0.334 e. The molecule has 0 spiro atoms. The van der Waals surface area contributed by atoms with Crippen LogP contribution in [0.3, 0.4) is 0 Å². The summed E-state index contributed by atoms with van der Waals surface area (Å²) in [5.74, 6) is -4.06. The quantitative estimate of drug-likeness (QED) is 0.495. The lowest BCUT2D eigenvalue weighted by atomic mass is 10.0. The summed E-state index contributed by atoms with van der Waals surface area (Å²) < 4.78 is 91.4. The second-order valence-corrected chi connectivity index (χ2v) is 8.77. The molecule has 154 valence electrons. The molecule has 0 aliphatic rings. The first-order valence-electron chi connectivity index (χ1n) is 7.61. The molecule has 29 heavy (non-hydrogen) atoms. The summed E-state index contributed by atoms with van der Waals surface area (Å²) in [6.07, 6.45) is -4.24. The maximum Gasteiger partial charge on any atom is 0.449 e. The van der Waals surface area contributed by atoms with Crippen LogP contribution in [0, 0.1) is 11.6 Å². The van der Waals surface area contributed by atoms with Gasteiger partial charge in [-0.25, -0.2) is 22.2 Å². The Morgan fingerprint density at radius 3 is 2.21 bits per heavy atom. The van der Waals surface area contributed by atoms with E-state index in [0.29, 0.717) is 18.4 Å². The van der Waals surface area contributed by atoms with Gasteiger partial charge < -0.3 is 4.98 Å². The molecule has 0 aliphatic heterocycles. The molecule has 2 aromatic carbocycles. The van der Waals surface area contributed by atoms with E-state index in [0.717, 1.165) is 0 Å². The fraction of sp³-hybridized carbons (Fsp3) is 0.118. The van der Waals surface area contributed by atoms with Gasteiger partial charge in [-0.2, -0.15) is 13.2 Å². The third-order valence-electron chi connectivity index (χ3n) is 3.86. The number of rotatable bonds is 3. The lowest BCUT2D eigenvalue weighted by molar-refractivity contribution is -0.144. The zero-order valence-corrected chi connectivity index (χ0v) is 16.5. The number of halogens is 7. The average Bonchev–Trinajstić information content (AvgIpc) is 3.03. The summed E-state index contributed by atoms with van der Waals surface area (Å²) in [7, 11) is -4.10. The molecule has 0 radical (unpaired) electrons. The van der Waals surface area contributed by atoms with Gasteiger partial charge in [0, 0.05) is 17.4 Å². The van der Waals surface area contributed by atoms with Crippen molar-refractivity contribution >= 4 is 33.0 Å². The topological polar surface area (TPSA) is 62.8 Å². The number of aromatic nitrogens is 2. The van der Waals surface area contributed by atoms with E-state index in [1.54, 1.807) is 0 Å². The Kier molecular flexibility index (Phi) is 5.39. The minimum absolute atomic E-state index is 0.0114. The van der Waals surface area contributed by atoms with E-state index in [1.165, 1.54) is 18.2 Å². The molecule has 0 atom stereocenters. The Bertz CT molecular complexity index is 1220. The molecule has 0 amide bonds. The van der Waals surface area contributed by atoms with Gasteiger partial charge in [-0.1, -0.05) is 29.3 Å². The maximum atomic E-state index is 14.6. The molecule has 1 heterocycles. The van der Waals surface area contributed by atoms with Gasteiger partial charge in [-0.15, -0.1) is 0 Å². The van der Waals surface area contributed by atoms with Gasteiger partial charge in [0.15, 0.2) is 9.84 Å². The monoisotopic (exact) mass is 470 g/mol. The van der Waals surface area contributed by atoms with Gasteiger partial charge in [0.05, 0.1) is 21.4 Å². The van der Waals surface area contributed by atoms with Crippen molar-refractivity contribution in [1.29, 1.82) is 0 Å². The highest BCUT2D eigenvalue weighted by Crippen LogP contribution is 2.39. The van der Waals surface area contributed by atoms with E-state index < -0.39 is 49.6 Å². The minimum Gasteiger partial charge on any atom is -0.334 e. The Morgan fingerprint density at radius 2 is 1.66 bits per heavy atom. The largest absolute Gasteiger partial charge is 0.449 e. The van der Waals surface area contributed by atoms with Crippen molar-refractivity contribution in [3.8, 4) is 22.5 Å². The summed E-state index contributed by atoms with van der Waals surface area (Å²) >= 11 is 11.7. The fourth-order valence-electron chi connectivity index (χ4n) is 2.56. The Morgan fingerprint density at radius 1 is 1.00 bits per heavy atom. The molecule has 0 saturated carbocycles. The second kappa shape index (κ2) is 7.26. The zero-order valence-electron chi connectivity index (χ0n) is 14.2. The van der Waals surface area contributed by atoms with Crippen LogP contribution in [0.1, 0.15) is 5.82 Å². The van der Waals surface area contributed by atoms with E-state index in [-0.39, 0.29) is 21.3 Å². The SMILES string of the molecule is CS(=O)(=O)c1cc(F)c(-c2nc(C(F)(F)F)[nH]c2-c2ccc(Cl)c(Cl)c2)cc1F. The molecule has 0 aliphatic carbocycles. The van der Waals surface area contributed by atoms with E-state index in [2.05, 4.69) is 4.98 Å².